The van der Waals surface area contributed by atoms with E-state index >= 15 is 0 Å². The lowest BCUT2D eigenvalue weighted by atomic mass is 10.4. The van der Waals surface area contributed by atoms with Gasteiger partial charge in [-0.25, -0.2) is 9.97 Å². The molecule has 1 aromatic heterocycles. The van der Waals surface area contributed by atoms with Crippen LogP contribution in [0.3, 0.4) is 0 Å². The van der Waals surface area contributed by atoms with Crippen LogP contribution in [0.25, 0.3) is 0 Å². The van der Waals surface area contributed by atoms with E-state index in [0.717, 1.165) is 29.1 Å². The predicted molar refractivity (Wildman–Crippen MR) is 63.1 cm³/mol. The summed E-state index contributed by atoms with van der Waals surface area (Å²) in [5.74, 6) is 2.01. The maximum Gasteiger partial charge on any atom is 0.187 e. The molecule has 0 radical (unpaired) electrons. The van der Waals surface area contributed by atoms with Crippen LogP contribution in [0.15, 0.2) is 17.4 Å². The van der Waals surface area contributed by atoms with Crippen molar-refractivity contribution >= 4 is 11.8 Å². The van der Waals surface area contributed by atoms with Gasteiger partial charge in [0.15, 0.2) is 5.16 Å². The maximum atomic E-state index is 4.34. The van der Waals surface area contributed by atoms with Gasteiger partial charge in [-0.05, 0) is 38.3 Å². The first-order chi connectivity index (χ1) is 7.34. The van der Waals surface area contributed by atoms with E-state index in [2.05, 4.69) is 15.3 Å². The molecule has 0 aliphatic heterocycles. The fraction of sp³-hybridized carbons (Fsp3) is 0.636. The molecule has 15 heavy (non-hydrogen) atoms. The number of nitrogens with zero attached hydrogens (tertiary/aromatic N) is 2. The zero-order valence-corrected chi connectivity index (χ0v) is 9.89. The zero-order chi connectivity index (χ0) is 10.5. The highest BCUT2D eigenvalue weighted by Crippen LogP contribution is 2.27. The molecule has 1 aliphatic rings. The monoisotopic (exact) mass is 223 g/mol. The van der Waals surface area contributed by atoms with Gasteiger partial charge in [-0.2, -0.15) is 0 Å². The Hall–Kier alpha value is -0.610. The molecule has 1 aliphatic carbocycles. The lowest BCUT2D eigenvalue weighted by molar-refractivity contribution is 0.665. The van der Waals surface area contributed by atoms with Crippen LogP contribution in [0.5, 0.6) is 0 Å². The van der Waals surface area contributed by atoms with Crippen LogP contribution in [0, 0.1) is 12.8 Å². The standard InChI is InChI=1S/C11H17N3S/c1-9-4-5-13-11(14-9)15-7-6-12-8-10-2-3-10/h4-5,10,12H,2-3,6-8H2,1H3. The van der Waals surface area contributed by atoms with Crippen LogP contribution in [-0.2, 0) is 0 Å². The lowest BCUT2D eigenvalue weighted by Crippen LogP contribution is -2.19. The van der Waals surface area contributed by atoms with Gasteiger partial charge in [0, 0.05) is 24.2 Å². The quantitative estimate of drug-likeness (QED) is 0.454. The van der Waals surface area contributed by atoms with Gasteiger partial charge in [0.05, 0.1) is 0 Å². The van der Waals surface area contributed by atoms with Crippen molar-refractivity contribution in [1.29, 1.82) is 0 Å². The number of thioether (sulfide) groups is 1. The first-order valence-electron chi connectivity index (χ1n) is 5.48. The lowest BCUT2D eigenvalue weighted by Gasteiger charge is -2.02. The molecule has 0 bridgehead atoms. The number of nitrogens with one attached hydrogen (secondary N) is 1. The van der Waals surface area contributed by atoms with Crippen molar-refractivity contribution in [3.05, 3.63) is 18.0 Å². The summed E-state index contributed by atoms with van der Waals surface area (Å²) in [6.07, 6.45) is 4.66. The number of aryl methyl sites for hydroxylation is 1. The molecule has 0 atom stereocenters. The Morgan fingerprint density at radius 3 is 3.13 bits per heavy atom. The molecular weight excluding hydrogens is 206 g/mol. The van der Waals surface area contributed by atoms with Gasteiger partial charge in [-0.15, -0.1) is 0 Å². The molecule has 0 amide bonds. The van der Waals surface area contributed by atoms with Crippen molar-refractivity contribution in [2.45, 2.75) is 24.9 Å². The Balaban J connectivity index is 1.60. The van der Waals surface area contributed by atoms with Crippen molar-refractivity contribution in [3.8, 4) is 0 Å². The Kier molecular flexibility index (Phi) is 3.97. The normalized spacial score (nSPS) is 15.5. The summed E-state index contributed by atoms with van der Waals surface area (Å²) >= 11 is 1.72. The number of hydrogen-bond acceptors (Lipinski definition) is 4. The number of rotatable bonds is 6. The van der Waals surface area contributed by atoms with E-state index in [4.69, 9.17) is 0 Å². The van der Waals surface area contributed by atoms with E-state index in [1.54, 1.807) is 11.8 Å². The van der Waals surface area contributed by atoms with E-state index < -0.39 is 0 Å². The summed E-state index contributed by atoms with van der Waals surface area (Å²) in [5, 5.41) is 4.35. The third kappa shape index (κ3) is 4.18. The highest BCUT2D eigenvalue weighted by atomic mass is 32.2. The molecule has 1 aromatic rings. The first-order valence-corrected chi connectivity index (χ1v) is 6.46. The second-order valence-corrected chi connectivity index (χ2v) is 5.04. The Morgan fingerprint density at radius 2 is 2.40 bits per heavy atom. The van der Waals surface area contributed by atoms with Gasteiger partial charge < -0.3 is 5.32 Å². The Bertz CT molecular complexity index is 312. The smallest absolute Gasteiger partial charge is 0.187 e. The van der Waals surface area contributed by atoms with Crippen LogP contribution in [0.2, 0.25) is 0 Å². The average molecular weight is 223 g/mol. The average Bonchev–Trinajstić information content (AvgIpc) is 3.01. The number of aromatic nitrogens is 2. The Morgan fingerprint density at radius 1 is 1.53 bits per heavy atom. The highest BCUT2D eigenvalue weighted by Gasteiger charge is 2.19. The topological polar surface area (TPSA) is 37.8 Å². The molecule has 1 saturated carbocycles. The van der Waals surface area contributed by atoms with Gasteiger partial charge in [0.25, 0.3) is 0 Å². The molecule has 0 aromatic carbocycles. The van der Waals surface area contributed by atoms with Gasteiger partial charge in [-0.3, -0.25) is 0 Å². The van der Waals surface area contributed by atoms with E-state index in [9.17, 15) is 0 Å². The van der Waals surface area contributed by atoms with Crippen LogP contribution in [0.1, 0.15) is 18.5 Å². The summed E-state index contributed by atoms with van der Waals surface area (Å²) in [5.41, 5.74) is 1.04. The van der Waals surface area contributed by atoms with Crippen LogP contribution in [-0.4, -0.2) is 28.8 Å². The fourth-order valence-corrected chi connectivity index (χ4v) is 2.11. The molecule has 1 heterocycles. The molecule has 1 N–H and O–H groups in total. The summed E-state index contributed by atoms with van der Waals surface area (Å²) < 4.78 is 0. The van der Waals surface area contributed by atoms with Crippen LogP contribution in [0.4, 0.5) is 0 Å². The van der Waals surface area contributed by atoms with E-state index in [0.29, 0.717) is 0 Å². The van der Waals surface area contributed by atoms with Gasteiger partial charge in [0.1, 0.15) is 0 Å². The van der Waals surface area contributed by atoms with E-state index in [-0.39, 0.29) is 0 Å². The molecule has 0 spiro atoms. The molecule has 0 saturated heterocycles. The second kappa shape index (κ2) is 5.47. The van der Waals surface area contributed by atoms with Gasteiger partial charge >= 0.3 is 0 Å². The Labute approximate surface area is 95.1 Å². The molecule has 82 valence electrons. The van der Waals surface area contributed by atoms with Crippen molar-refractivity contribution in [2.24, 2.45) is 5.92 Å². The minimum Gasteiger partial charge on any atom is -0.316 e. The van der Waals surface area contributed by atoms with E-state index in [1.807, 2.05) is 19.2 Å². The van der Waals surface area contributed by atoms with Crippen molar-refractivity contribution in [1.82, 2.24) is 15.3 Å². The third-order valence-corrected chi connectivity index (χ3v) is 3.28. The van der Waals surface area contributed by atoms with Crippen molar-refractivity contribution in [2.75, 3.05) is 18.8 Å². The van der Waals surface area contributed by atoms with E-state index in [1.165, 1.54) is 19.4 Å². The van der Waals surface area contributed by atoms with Crippen molar-refractivity contribution in [3.63, 3.8) is 0 Å². The molecule has 4 heteroatoms. The maximum absolute atomic E-state index is 4.34. The molecule has 1 fully saturated rings. The first kappa shape index (κ1) is 10.9. The SMILES string of the molecule is Cc1ccnc(SCCNCC2CC2)n1. The van der Waals surface area contributed by atoms with Gasteiger partial charge in [0.2, 0.25) is 0 Å². The number of hydrogen-bond donors (Lipinski definition) is 1. The summed E-state index contributed by atoms with van der Waals surface area (Å²) in [6.45, 7) is 4.24. The minimum atomic E-state index is 0.892. The molecule has 2 rings (SSSR count). The predicted octanol–water partition coefficient (Wildman–Crippen LogP) is 1.88. The molecule has 0 unspecified atom stereocenters. The van der Waals surface area contributed by atoms with Crippen LogP contribution < -0.4 is 5.32 Å². The second-order valence-electron chi connectivity index (χ2n) is 3.98. The third-order valence-electron chi connectivity index (χ3n) is 2.41. The summed E-state index contributed by atoms with van der Waals surface area (Å²) in [7, 11) is 0. The van der Waals surface area contributed by atoms with Gasteiger partial charge in [-0.1, -0.05) is 11.8 Å². The zero-order valence-electron chi connectivity index (χ0n) is 9.07. The van der Waals surface area contributed by atoms with Crippen molar-refractivity contribution < 1.29 is 0 Å². The van der Waals surface area contributed by atoms with Crippen LogP contribution >= 0.6 is 11.8 Å². The molecule has 3 nitrogen and oxygen atoms in total. The summed E-state index contributed by atoms with van der Waals surface area (Å²) in [6, 6.07) is 1.93. The fourth-order valence-electron chi connectivity index (χ4n) is 1.34. The minimum absolute atomic E-state index is 0.892. The highest BCUT2D eigenvalue weighted by molar-refractivity contribution is 7.99. The summed E-state index contributed by atoms with van der Waals surface area (Å²) in [4.78, 5) is 8.55. The largest absolute Gasteiger partial charge is 0.316 e. The molecular formula is C11H17N3S.